The number of nitrogens with one attached hydrogen (secondary N) is 1. The van der Waals surface area contributed by atoms with Crippen LogP contribution in [0.3, 0.4) is 0 Å². The zero-order valence-electron chi connectivity index (χ0n) is 21.7. The predicted octanol–water partition coefficient (Wildman–Crippen LogP) is 3.21. The van der Waals surface area contributed by atoms with E-state index in [1.165, 1.54) is 11.8 Å². The van der Waals surface area contributed by atoms with Crippen molar-refractivity contribution in [2.45, 2.75) is 59.7 Å². The van der Waals surface area contributed by atoms with Crippen LogP contribution in [0.2, 0.25) is 0 Å². The highest BCUT2D eigenvalue weighted by Crippen LogP contribution is 2.36. The molecule has 1 aliphatic heterocycles. The Hall–Kier alpha value is -3.27. The fourth-order valence-corrected chi connectivity index (χ4v) is 4.76. The molecule has 3 rings (SSSR count). The van der Waals surface area contributed by atoms with Crippen molar-refractivity contribution in [1.82, 2.24) is 10.2 Å². The van der Waals surface area contributed by atoms with Crippen LogP contribution in [0.4, 0.5) is 5.69 Å². The zero-order chi connectivity index (χ0) is 26.7. The molecule has 0 saturated heterocycles. The van der Waals surface area contributed by atoms with E-state index in [0.29, 0.717) is 11.5 Å². The molecule has 2 aromatic carbocycles. The van der Waals surface area contributed by atoms with Crippen molar-refractivity contribution in [1.29, 1.82) is 0 Å². The normalized spacial score (nSPS) is 13.7. The van der Waals surface area contributed by atoms with Crippen LogP contribution in [0.1, 0.15) is 45.7 Å². The summed E-state index contributed by atoms with van der Waals surface area (Å²) in [7, 11) is -3.82. The third-order valence-corrected chi connectivity index (χ3v) is 7.50. The van der Waals surface area contributed by atoms with Gasteiger partial charge in [0.25, 0.3) is 0 Å². The summed E-state index contributed by atoms with van der Waals surface area (Å²) in [5, 5.41) is 2.91. The molecule has 1 aliphatic rings. The van der Waals surface area contributed by atoms with Crippen LogP contribution in [-0.4, -0.2) is 55.8 Å². The summed E-state index contributed by atoms with van der Waals surface area (Å²) in [4.78, 5) is 28.1. The van der Waals surface area contributed by atoms with Crippen LogP contribution in [0.25, 0.3) is 0 Å². The van der Waals surface area contributed by atoms with Gasteiger partial charge in [0.2, 0.25) is 28.6 Å². The molecule has 10 heteroatoms. The average Bonchev–Trinajstić information content (AvgIpc) is 3.28. The summed E-state index contributed by atoms with van der Waals surface area (Å²) >= 11 is 0. The first-order valence-electron chi connectivity index (χ1n) is 11.9. The Bertz CT molecular complexity index is 1210. The Morgan fingerprint density at radius 2 is 1.69 bits per heavy atom. The van der Waals surface area contributed by atoms with Gasteiger partial charge in [0.15, 0.2) is 11.5 Å². The number of sulfonamides is 1. The third-order valence-electron chi connectivity index (χ3n) is 5.76. The standard InChI is InChI=1S/C26H35N3O6S/c1-7-36(32,33)29(21-12-13-22-23(14-21)35-17-34-22)16-24(30)28(15-20-10-8-18(2)9-11-20)19(3)25(31)27-26(4,5)6/h8-14,19H,7,15-17H2,1-6H3,(H,27,31)/t19-/m0/s1. The zero-order valence-corrected chi connectivity index (χ0v) is 22.5. The maximum Gasteiger partial charge on any atom is 0.244 e. The van der Waals surface area contributed by atoms with Crippen LogP contribution in [0, 0.1) is 6.92 Å². The van der Waals surface area contributed by atoms with E-state index < -0.39 is 34.1 Å². The van der Waals surface area contributed by atoms with E-state index in [9.17, 15) is 18.0 Å². The maximum absolute atomic E-state index is 13.7. The first kappa shape index (κ1) is 27.3. The van der Waals surface area contributed by atoms with Gasteiger partial charge in [-0.25, -0.2) is 8.42 Å². The molecule has 0 saturated carbocycles. The highest BCUT2D eigenvalue weighted by Gasteiger charge is 2.32. The number of anilines is 1. The van der Waals surface area contributed by atoms with Gasteiger partial charge in [-0.2, -0.15) is 0 Å². The molecule has 0 unspecified atom stereocenters. The number of carbonyl (C=O) groups excluding carboxylic acids is 2. The monoisotopic (exact) mass is 517 g/mol. The Morgan fingerprint density at radius 1 is 1.06 bits per heavy atom. The minimum Gasteiger partial charge on any atom is -0.454 e. The highest BCUT2D eigenvalue weighted by molar-refractivity contribution is 7.92. The molecule has 1 N–H and O–H groups in total. The van der Waals surface area contributed by atoms with E-state index >= 15 is 0 Å². The first-order chi connectivity index (χ1) is 16.8. The number of hydrogen-bond acceptors (Lipinski definition) is 6. The summed E-state index contributed by atoms with van der Waals surface area (Å²) in [6, 6.07) is 11.5. The molecule has 1 heterocycles. The second-order valence-corrected chi connectivity index (χ2v) is 12.0. The van der Waals surface area contributed by atoms with E-state index in [4.69, 9.17) is 9.47 Å². The van der Waals surface area contributed by atoms with Crippen molar-refractivity contribution < 1.29 is 27.5 Å². The summed E-state index contributed by atoms with van der Waals surface area (Å²) in [5.74, 6) is -0.108. The Morgan fingerprint density at radius 3 is 2.31 bits per heavy atom. The lowest BCUT2D eigenvalue weighted by Crippen LogP contribution is -2.54. The Labute approximate surface area is 213 Å². The molecule has 0 bridgehead atoms. The fourth-order valence-electron chi connectivity index (χ4n) is 3.71. The van der Waals surface area contributed by atoms with E-state index in [1.54, 1.807) is 25.1 Å². The van der Waals surface area contributed by atoms with E-state index in [0.717, 1.165) is 15.4 Å². The minimum atomic E-state index is -3.82. The topological polar surface area (TPSA) is 105 Å². The molecule has 9 nitrogen and oxygen atoms in total. The van der Waals surface area contributed by atoms with Gasteiger partial charge in [0.05, 0.1) is 11.4 Å². The molecule has 0 radical (unpaired) electrons. The van der Waals surface area contributed by atoms with E-state index in [2.05, 4.69) is 5.32 Å². The summed E-state index contributed by atoms with van der Waals surface area (Å²) < 4.78 is 37.9. The summed E-state index contributed by atoms with van der Waals surface area (Å²) in [6.07, 6.45) is 0. The molecule has 0 aromatic heterocycles. The lowest BCUT2D eigenvalue weighted by Gasteiger charge is -2.33. The minimum absolute atomic E-state index is 0.0446. The molecule has 0 spiro atoms. The van der Waals surface area contributed by atoms with Gasteiger partial charge in [-0.1, -0.05) is 29.8 Å². The van der Waals surface area contributed by atoms with Crippen molar-refractivity contribution in [3.63, 3.8) is 0 Å². The number of rotatable bonds is 9. The maximum atomic E-state index is 13.7. The van der Waals surface area contributed by atoms with E-state index in [-0.39, 0.29) is 30.7 Å². The number of aryl methyl sites for hydroxylation is 1. The Kier molecular flexibility index (Phi) is 8.18. The van der Waals surface area contributed by atoms with Crippen molar-refractivity contribution in [3.05, 3.63) is 53.6 Å². The molecule has 36 heavy (non-hydrogen) atoms. The van der Waals surface area contributed by atoms with Crippen LogP contribution in [0.5, 0.6) is 11.5 Å². The van der Waals surface area contributed by atoms with Crippen molar-refractivity contribution >= 4 is 27.5 Å². The molecule has 0 fully saturated rings. The molecule has 196 valence electrons. The number of amides is 2. The highest BCUT2D eigenvalue weighted by atomic mass is 32.2. The largest absolute Gasteiger partial charge is 0.454 e. The van der Waals surface area contributed by atoms with Crippen LogP contribution in [-0.2, 0) is 26.2 Å². The molecule has 2 aromatic rings. The number of nitrogens with zero attached hydrogens (tertiary/aromatic N) is 2. The van der Waals surface area contributed by atoms with Crippen LogP contribution in [0.15, 0.2) is 42.5 Å². The summed E-state index contributed by atoms with van der Waals surface area (Å²) in [5.41, 5.74) is 1.70. The van der Waals surface area contributed by atoms with Gasteiger partial charge in [-0.3, -0.25) is 13.9 Å². The van der Waals surface area contributed by atoms with Crippen molar-refractivity contribution in [2.75, 3.05) is 23.4 Å². The van der Waals surface area contributed by atoms with Gasteiger partial charge < -0.3 is 19.7 Å². The van der Waals surface area contributed by atoms with Gasteiger partial charge in [-0.15, -0.1) is 0 Å². The predicted molar refractivity (Wildman–Crippen MR) is 138 cm³/mol. The van der Waals surface area contributed by atoms with Gasteiger partial charge in [0, 0.05) is 18.2 Å². The van der Waals surface area contributed by atoms with E-state index in [1.807, 2.05) is 52.0 Å². The number of carbonyl (C=O) groups is 2. The number of hydrogen-bond donors (Lipinski definition) is 1. The molecular weight excluding hydrogens is 482 g/mol. The van der Waals surface area contributed by atoms with Crippen molar-refractivity contribution in [3.8, 4) is 11.5 Å². The SMILES string of the molecule is CCS(=O)(=O)N(CC(=O)N(Cc1ccc(C)cc1)[C@@H](C)C(=O)NC(C)(C)C)c1ccc2c(c1)OCO2. The average molecular weight is 518 g/mol. The third kappa shape index (κ3) is 6.69. The lowest BCUT2D eigenvalue weighted by atomic mass is 10.1. The second kappa shape index (κ2) is 10.8. The number of benzene rings is 2. The van der Waals surface area contributed by atoms with Gasteiger partial charge >= 0.3 is 0 Å². The molecule has 1 atom stereocenters. The Balaban J connectivity index is 1.94. The number of ether oxygens (including phenoxy) is 2. The molecular formula is C26H35N3O6S. The fraction of sp³-hybridized carbons (Fsp3) is 0.462. The van der Waals surface area contributed by atoms with Crippen molar-refractivity contribution in [2.24, 2.45) is 0 Å². The van der Waals surface area contributed by atoms with Gasteiger partial charge in [0.1, 0.15) is 12.6 Å². The quantitative estimate of drug-likeness (QED) is 0.548. The second-order valence-electron chi connectivity index (χ2n) is 9.87. The van der Waals surface area contributed by atoms with Crippen LogP contribution < -0.4 is 19.1 Å². The first-order valence-corrected chi connectivity index (χ1v) is 13.5. The molecule has 2 amide bonds. The summed E-state index contributed by atoms with van der Waals surface area (Å²) in [6.45, 7) is 10.4. The lowest BCUT2D eigenvalue weighted by molar-refractivity contribution is -0.140. The van der Waals surface area contributed by atoms with Gasteiger partial charge in [-0.05, 0) is 59.2 Å². The van der Waals surface area contributed by atoms with Crippen LogP contribution >= 0.6 is 0 Å². The smallest absolute Gasteiger partial charge is 0.244 e. The molecule has 0 aliphatic carbocycles. The number of fused-ring (bicyclic) bond motifs is 1.